The second-order valence-corrected chi connectivity index (χ2v) is 7.77. The van der Waals surface area contributed by atoms with E-state index in [2.05, 4.69) is 0 Å². The van der Waals surface area contributed by atoms with Crippen molar-refractivity contribution in [3.8, 4) is 0 Å². The highest BCUT2D eigenvalue weighted by Gasteiger charge is 2.54. The molecule has 2 unspecified atom stereocenters. The van der Waals surface area contributed by atoms with Crippen LogP contribution in [0.15, 0.2) is 30.3 Å². The minimum absolute atomic E-state index is 0.0932. The Hall–Kier alpha value is -2.57. The molecule has 27 heavy (non-hydrogen) atoms. The highest BCUT2D eigenvalue weighted by atomic mass is 16.5. The van der Waals surface area contributed by atoms with E-state index in [1.807, 2.05) is 44.2 Å². The van der Waals surface area contributed by atoms with Crippen LogP contribution in [0.4, 0.5) is 4.79 Å². The van der Waals surface area contributed by atoms with Crippen molar-refractivity contribution in [2.75, 3.05) is 19.6 Å². The van der Waals surface area contributed by atoms with Crippen molar-refractivity contribution in [1.82, 2.24) is 9.80 Å². The average molecular weight is 374 g/mol. The molecule has 7 nitrogen and oxygen atoms in total. The predicted octanol–water partition coefficient (Wildman–Crippen LogP) is 2.36. The van der Waals surface area contributed by atoms with Crippen LogP contribution in [-0.4, -0.2) is 58.6 Å². The van der Waals surface area contributed by atoms with Gasteiger partial charge in [-0.2, -0.15) is 0 Å². The standard InChI is InChI=1S/C20H26N2O5/c1-14(2)16(17(23)27-12-15-6-4-3-5-7-15)22-11-9-20(18(22)24)8-10-21(13-20)19(25)26/h3-7,14,16H,8-13H2,1-2H3,(H,25,26). The van der Waals surface area contributed by atoms with Crippen molar-refractivity contribution in [3.05, 3.63) is 35.9 Å². The van der Waals surface area contributed by atoms with E-state index >= 15 is 0 Å². The molecule has 2 aliphatic heterocycles. The largest absolute Gasteiger partial charge is 0.465 e. The van der Waals surface area contributed by atoms with Gasteiger partial charge in [0, 0.05) is 19.6 Å². The molecule has 2 amide bonds. The van der Waals surface area contributed by atoms with E-state index in [0.717, 1.165) is 5.56 Å². The first-order valence-electron chi connectivity index (χ1n) is 9.33. The number of hydrogen-bond acceptors (Lipinski definition) is 4. The van der Waals surface area contributed by atoms with Crippen molar-refractivity contribution < 1.29 is 24.2 Å². The molecule has 0 bridgehead atoms. The third-order valence-corrected chi connectivity index (χ3v) is 5.60. The summed E-state index contributed by atoms with van der Waals surface area (Å²) in [5.74, 6) is -0.627. The molecule has 2 heterocycles. The van der Waals surface area contributed by atoms with Gasteiger partial charge in [0.1, 0.15) is 12.6 Å². The summed E-state index contributed by atoms with van der Waals surface area (Å²) in [6, 6.07) is 8.77. The van der Waals surface area contributed by atoms with Crippen LogP contribution in [0.25, 0.3) is 0 Å². The highest BCUT2D eigenvalue weighted by molar-refractivity contribution is 5.91. The Kier molecular flexibility index (Phi) is 5.39. The Morgan fingerprint density at radius 1 is 1.19 bits per heavy atom. The van der Waals surface area contributed by atoms with Crippen molar-refractivity contribution >= 4 is 18.0 Å². The molecule has 0 aromatic heterocycles. The number of carbonyl (C=O) groups excluding carboxylic acids is 2. The van der Waals surface area contributed by atoms with Crippen molar-refractivity contribution in [2.24, 2.45) is 11.3 Å². The Morgan fingerprint density at radius 3 is 2.44 bits per heavy atom. The molecule has 0 radical (unpaired) electrons. The maximum Gasteiger partial charge on any atom is 0.407 e. The molecule has 2 fully saturated rings. The van der Waals surface area contributed by atoms with Crippen LogP contribution in [0.3, 0.4) is 0 Å². The Balaban J connectivity index is 1.69. The van der Waals surface area contributed by atoms with Crippen LogP contribution in [0.1, 0.15) is 32.3 Å². The van der Waals surface area contributed by atoms with Crippen LogP contribution < -0.4 is 0 Å². The quantitative estimate of drug-likeness (QED) is 0.800. The third-order valence-electron chi connectivity index (χ3n) is 5.60. The first kappa shape index (κ1) is 19.2. The van der Waals surface area contributed by atoms with E-state index in [1.165, 1.54) is 4.90 Å². The summed E-state index contributed by atoms with van der Waals surface area (Å²) >= 11 is 0. The predicted molar refractivity (Wildman–Crippen MR) is 97.8 cm³/mol. The zero-order valence-electron chi connectivity index (χ0n) is 15.8. The average Bonchev–Trinajstić information content (AvgIpc) is 3.21. The van der Waals surface area contributed by atoms with E-state index in [0.29, 0.717) is 25.9 Å². The molecule has 0 aliphatic carbocycles. The van der Waals surface area contributed by atoms with Gasteiger partial charge in [-0.1, -0.05) is 44.2 Å². The normalized spacial score (nSPS) is 23.3. The van der Waals surface area contributed by atoms with Crippen molar-refractivity contribution in [1.29, 1.82) is 0 Å². The molecule has 0 saturated carbocycles. The number of likely N-dealkylation sites (tertiary alicyclic amines) is 2. The Morgan fingerprint density at radius 2 is 1.85 bits per heavy atom. The fraction of sp³-hybridized carbons (Fsp3) is 0.550. The summed E-state index contributed by atoms with van der Waals surface area (Å²) in [6.45, 7) is 4.98. The molecule has 1 aromatic rings. The molecular formula is C20H26N2O5. The van der Waals surface area contributed by atoms with Gasteiger partial charge in [-0.25, -0.2) is 9.59 Å². The monoisotopic (exact) mass is 374 g/mol. The van der Waals surface area contributed by atoms with Gasteiger partial charge in [0.05, 0.1) is 5.41 Å². The number of hydrogen-bond donors (Lipinski definition) is 1. The molecule has 1 N–H and O–H groups in total. The number of carboxylic acid groups (broad SMARTS) is 1. The number of rotatable bonds is 5. The van der Waals surface area contributed by atoms with Gasteiger partial charge >= 0.3 is 12.1 Å². The van der Waals surface area contributed by atoms with Gasteiger partial charge in [0.25, 0.3) is 0 Å². The molecule has 2 atom stereocenters. The van der Waals surface area contributed by atoms with E-state index < -0.39 is 23.5 Å². The Labute approximate surface area is 158 Å². The number of amides is 2. The van der Waals surface area contributed by atoms with Crippen LogP contribution in [0.5, 0.6) is 0 Å². The summed E-state index contributed by atoms with van der Waals surface area (Å²) in [5.41, 5.74) is 0.205. The summed E-state index contributed by atoms with van der Waals surface area (Å²) < 4.78 is 5.49. The molecule has 146 valence electrons. The third kappa shape index (κ3) is 3.77. The first-order valence-corrected chi connectivity index (χ1v) is 9.33. The van der Waals surface area contributed by atoms with Crippen molar-refractivity contribution in [2.45, 2.75) is 39.3 Å². The molecule has 1 spiro atoms. The van der Waals surface area contributed by atoms with E-state index in [4.69, 9.17) is 4.74 Å². The van der Waals surface area contributed by atoms with E-state index in [-0.39, 0.29) is 25.0 Å². The summed E-state index contributed by atoms with van der Waals surface area (Å²) in [6.07, 6.45) is 0.0874. The molecule has 2 aliphatic rings. The lowest BCUT2D eigenvalue weighted by Gasteiger charge is -2.31. The van der Waals surface area contributed by atoms with E-state index in [9.17, 15) is 19.5 Å². The van der Waals surface area contributed by atoms with Crippen LogP contribution in [0, 0.1) is 11.3 Å². The van der Waals surface area contributed by atoms with Gasteiger partial charge < -0.3 is 19.6 Å². The molecule has 7 heteroatoms. The van der Waals surface area contributed by atoms with Gasteiger partial charge in [-0.05, 0) is 24.3 Å². The lowest BCUT2D eigenvalue weighted by atomic mass is 9.85. The first-order chi connectivity index (χ1) is 12.8. The maximum absolute atomic E-state index is 13.1. The number of esters is 1. The highest BCUT2D eigenvalue weighted by Crippen LogP contribution is 2.42. The van der Waals surface area contributed by atoms with Crippen LogP contribution in [0.2, 0.25) is 0 Å². The minimum atomic E-state index is -0.999. The second kappa shape index (κ2) is 7.58. The molecule has 2 saturated heterocycles. The van der Waals surface area contributed by atoms with Crippen LogP contribution in [-0.2, 0) is 20.9 Å². The van der Waals surface area contributed by atoms with Gasteiger partial charge in [-0.3, -0.25) is 4.79 Å². The number of nitrogens with zero attached hydrogens (tertiary/aromatic N) is 2. The minimum Gasteiger partial charge on any atom is -0.465 e. The maximum atomic E-state index is 13.1. The number of benzene rings is 1. The molecule has 1 aromatic carbocycles. The number of ether oxygens (including phenoxy) is 1. The lowest BCUT2D eigenvalue weighted by Crippen LogP contribution is -2.49. The fourth-order valence-electron chi connectivity index (χ4n) is 4.10. The van der Waals surface area contributed by atoms with Crippen molar-refractivity contribution in [3.63, 3.8) is 0 Å². The van der Waals surface area contributed by atoms with Gasteiger partial charge in [0.15, 0.2) is 0 Å². The lowest BCUT2D eigenvalue weighted by molar-refractivity contribution is -0.158. The second-order valence-electron chi connectivity index (χ2n) is 7.77. The SMILES string of the molecule is CC(C)C(C(=O)OCc1ccccc1)N1CCC2(CCN(C(=O)O)C2)C1=O. The summed E-state index contributed by atoms with van der Waals surface area (Å²) in [4.78, 5) is 40.0. The zero-order chi connectivity index (χ0) is 19.6. The summed E-state index contributed by atoms with van der Waals surface area (Å²) in [7, 11) is 0. The van der Waals surface area contributed by atoms with E-state index in [1.54, 1.807) is 4.90 Å². The molecular weight excluding hydrogens is 348 g/mol. The van der Waals surface area contributed by atoms with Gasteiger partial charge in [0.2, 0.25) is 5.91 Å². The zero-order valence-corrected chi connectivity index (χ0v) is 15.8. The smallest absolute Gasteiger partial charge is 0.407 e. The van der Waals surface area contributed by atoms with Gasteiger partial charge in [-0.15, -0.1) is 0 Å². The number of carbonyl (C=O) groups is 3. The summed E-state index contributed by atoms with van der Waals surface area (Å²) in [5, 5.41) is 9.20. The topological polar surface area (TPSA) is 87.2 Å². The fourth-order valence-corrected chi connectivity index (χ4v) is 4.10. The van der Waals surface area contributed by atoms with Crippen LogP contribution >= 0.6 is 0 Å². The Bertz CT molecular complexity index is 720. The molecule has 3 rings (SSSR count).